The molecule has 0 fully saturated rings. The van der Waals surface area contributed by atoms with Gasteiger partial charge in [0.1, 0.15) is 5.82 Å². The predicted molar refractivity (Wildman–Crippen MR) is 114 cm³/mol. The van der Waals surface area contributed by atoms with Gasteiger partial charge in [-0.3, -0.25) is 9.59 Å². The van der Waals surface area contributed by atoms with Crippen LogP contribution in [0.4, 0.5) is 23.2 Å². The number of carboxylic acids is 1. The summed E-state index contributed by atoms with van der Waals surface area (Å²) in [4.78, 5) is 24.2. The number of alkyl halides is 3. The smallest absolute Gasteiger partial charge is 0.392 e. The van der Waals surface area contributed by atoms with E-state index in [0.29, 0.717) is 5.56 Å². The van der Waals surface area contributed by atoms with Gasteiger partial charge < -0.3 is 10.4 Å². The monoisotopic (exact) mass is 473 g/mol. The Morgan fingerprint density at radius 3 is 2.09 bits per heavy atom. The average molecular weight is 474 g/mol. The van der Waals surface area contributed by atoms with E-state index in [4.69, 9.17) is 11.6 Å². The third kappa shape index (κ3) is 6.45. The molecule has 2 unspecified atom stereocenters. The van der Waals surface area contributed by atoms with Crippen LogP contribution in [-0.4, -0.2) is 23.2 Å². The summed E-state index contributed by atoms with van der Waals surface area (Å²) in [6.07, 6.45) is -4.83. The molecule has 2 rings (SSSR count). The highest BCUT2D eigenvalue weighted by molar-refractivity contribution is 6.33. The largest absolute Gasteiger partial charge is 0.481 e. The lowest BCUT2D eigenvalue weighted by atomic mass is 9.85. The molecule has 4 nitrogen and oxygen atoms in total. The minimum atomic E-state index is -4.67. The number of nitrogens with one attached hydrogen (secondary N) is 1. The van der Waals surface area contributed by atoms with E-state index in [0.717, 1.165) is 31.2 Å². The van der Waals surface area contributed by atoms with E-state index >= 15 is 0 Å². The first kappa shape index (κ1) is 25.6. The van der Waals surface area contributed by atoms with Gasteiger partial charge in [0.15, 0.2) is 0 Å². The van der Waals surface area contributed by atoms with Gasteiger partial charge in [-0.05, 0) is 47.2 Å². The fraction of sp³-hybridized carbons (Fsp3) is 0.391. The SMILES string of the molecule is CC(C)C(CC(=O)O)c1ccc(Cl)c(NC(=O)C(c2ccc(F)cc2)[C@@H](C)C(F)(F)F)c1. The van der Waals surface area contributed by atoms with Crippen molar-refractivity contribution in [3.8, 4) is 0 Å². The molecule has 3 atom stereocenters. The lowest BCUT2D eigenvalue weighted by molar-refractivity contribution is -0.178. The number of anilines is 1. The molecule has 0 aliphatic carbocycles. The number of amides is 1. The normalized spacial score (nSPS) is 14.7. The summed E-state index contributed by atoms with van der Waals surface area (Å²) in [5.74, 6) is -6.73. The van der Waals surface area contributed by atoms with Crippen molar-refractivity contribution < 1.29 is 32.3 Å². The molecule has 0 spiro atoms. The van der Waals surface area contributed by atoms with Crippen LogP contribution in [0.15, 0.2) is 42.5 Å². The Morgan fingerprint density at radius 1 is 1.03 bits per heavy atom. The van der Waals surface area contributed by atoms with Crippen LogP contribution in [0.5, 0.6) is 0 Å². The number of halogens is 5. The maximum atomic E-state index is 13.5. The molecular weight excluding hydrogens is 450 g/mol. The quantitative estimate of drug-likeness (QED) is 0.424. The van der Waals surface area contributed by atoms with Crippen LogP contribution in [0, 0.1) is 17.7 Å². The van der Waals surface area contributed by atoms with Gasteiger partial charge in [-0.25, -0.2) is 4.39 Å². The zero-order chi connectivity index (χ0) is 24.2. The molecule has 2 aromatic carbocycles. The van der Waals surface area contributed by atoms with E-state index in [1.54, 1.807) is 6.07 Å². The standard InChI is InChI=1S/C23H24ClF4NO3/c1-12(2)17(11-20(30)31)15-6-9-18(24)19(10-15)29-22(32)21(13(3)23(26,27)28)14-4-7-16(25)8-5-14/h4-10,12-13,17,21H,11H2,1-3H3,(H,29,32)(H,30,31)/t13-,17?,21?/m1/s1. The van der Waals surface area contributed by atoms with Crippen molar-refractivity contribution in [1.29, 1.82) is 0 Å². The minimum absolute atomic E-state index is 0.00642. The van der Waals surface area contributed by atoms with Gasteiger partial charge in [0.2, 0.25) is 5.91 Å². The first-order chi connectivity index (χ1) is 14.8. The summed E-state index contributed by atoms with van der Waals surface area (Å²) in [5.41, 5.74) is 0.669. The maximum Gasteiger partial charge on any atom is 0.392 e. The molecule has 0 aromatic heterocycles. The third-order valence-corrected chi connectivity index (χ3v) is 5.73. The molecule has 2 aromatic rings. The van der Waals surface area contributed by atoms with E-state index in [1.165, 1.54) is 12.1 Å². The molecule has 0 aliphatic rings. The Bertz CT molecular complexity index is 961. The van der Waals surface area contributed by atoms with Gasteiger partial charge in [-0.15, -0.1) is 0 Å². The Hall–Kier alpha value is -2.61. The number of hydrogen-bond donors (Lipinski definition) is 2. The molecule has 2 N–H and O–H groups in total. The second-order valence-corrected chi connectivity index (χ2v) is 8.44. The van der Waals surface area contributed by atoms with Gasteiger partial charge in [0.05, 0.1) is 29.0 Å². The van der Waals surface area contributed by atoms with E-state index in [9.17, 15) is 32.3 Å². The zero-order valence-electron chi connectivity index (χ0n) is 17.7. The number of rotatable bonds is 8. The Balaban J connectivity index is 2.42. The summed E-state index contributed by atoms with van der Waals surface area (Å²) in [5, 5.41) is 11.7. The lowest BCUT2D eigenvalue weighted by Crippen LogP contribution is -2.34. The summed E-state index contributed by atoms with van der Waals surface area (Å²) in [6.45, 7) is 4.57. The van der Waals surface area contributed by atoms with Crippen LogP contribution in [-0.2, 0) is 9.59 Å². The summed E-state index contributed by atoms with van der Waals surface area (Å²) >= 11 is 6.17. The highest BCUT2D eigenvalue weighted by atomic mass is 35.5. The highest BCUT2D eigenvalue weighted by Gasteiger charge is 2.45. The van der Waals surface area contributed by atoms with Gasteiger partial charge in [0, 0.05) is 0 Å². The summed E-state index contributed by atoms with van der Waals surface area (Å²) < 4.78 is 53.7. The molecule has 0 saturated heterocycles. The summed E-state index contributed by atoms with van der Waals surface area (Å²) in [7, 11) is 0. The molecule has 32 heavy (non-hydrogen) atoms. The zero-order valence-corrected chi connectivity index (χ0v) is 18.5. The van der Waals surface area contributed by atoms with Crippen molar-refractivity contribution >= 4 is 29.2 Å². The van der Waals surface area contributed by atoms with Crippen molar-refractivity contribution in [2.45, 2.75) is 45.2 Å². The Labute approximate surface area is 188 Å². The van der Waals surface area contributed by atoms with Crippen LogP contribution in [0.1, 0.15) is 50.2 Å². The topological polar surface area (TPSA) is 66.4 Å². The van der Waals surface area contributed by atoms with Crippen LogP contribution in [0.2, 0.25) is 5.02 Å². The molecule has 9 heteroatoms. The van der Waals surface area contributed by atoms with Gasteiger partial charge in [0.25, 0.3) is 0 Å². The predicted octanol–water partition coefficient (Wildman–Crippen LogP) is 6.61. The number of carbonyl (C=O) groups is 2. The number of carbonyl (C=O) groups excluding carboxylic acids is 1. The second kappa shape index (κ2) is 10.3. The van der Waals surface area contributed by atoms with E-state index in [2.05, 4.69) is 5.32 Å². The number of benzene rings is 2. The number of carboxylic acid groups (broad SMARTS) is 1. The van der Waals surface area contributed by atoms with Crippen LogP contribution >= 0.6 is 11.6 Å². The lowest BCUT2D eigenvalue weighted by Gasteiger charge is -2.26. The average Bonchev–Trinajstić information content (AvgIpc) is 2.68. The fourth-order valence-electron chi connectivity index (χ4n) is 3.53. The molecule has 1 amide bonds. The van der Waals surface area contributed by atoms with Crippen molar-refractivity contribution in [1.82, 2.24) is 0 Å². The van der Waals surface area contributed by atoms with Gasteiger partial charge in [-0.2, -0.15) is 13.2 Å². The molecule has 0 aliphatic heterocycles. The van der Waals surface area contributed by atoms with Crippen molar-refractivity contribution in [2.75, 3.05) is 5.32 Å². The van der Waals surface area contributed by atoms with Crippen LogP contribution in [0.25, 0.3) is 0 Å². The Morgan fingerprint density at radius 2 is 1.59 bits per heavy atom. The van der Waals surface area contributed by atoms with E-state index in [-0.39, 0.29) is 34.5 Å². The Kier molecular flexibility index (Phi) is 8.29. The molecule has 0 saturated carbocycles. The summed E-state index contributed by atoms with van der Waals surface area (Å²) in [6, 6.07) is 8.83. The number of aliphatic carboxylic acids is 1. The highest BCUT2D eigenvalue weighted by Crippen LogP contribution is 2.39. The molecular formula is C23H24ClF4NO3. The number of hydrogen-bond acceptors (Lipinski definition) is 2. The van der Waals surface area contributed by atoms with Crippen LogP contribution in [0.3, 0.4) is 0 Å². The molecule has 0 bridgehead atoms. The minimum Gasteiger partial charge on any atom is -0.481 e. The van der Waals surface area contributed by atoms with Crippen molar-refractivity contribution in [3.63, 3.8) is 0 Å². The van der Waals surface area contributed by atoms with Gasteiger partial charge in [-0.1, -0.05) is 50.6 Å². The van der Waals surface area contributed by atoms with Crippen molar-refractivity contribution in [2.24, 2.45) is 11.8 Å². The first-order valence-corrected chi connectivity index (χ1v) is 10.3. The van der Waals surface area contributed by atoms with E-state index < -0.39 is 35.7 Å². The molecule has 0 heterocycles. The van der Waals surface area contributed by atoms with Gasteiger partial charge >= 0.3 is 12.1 Å². The van der Waals surface area contributed by atoms with Crippen molar-refractivity contribution in [3.05, 3.63) is 64.4 Å². The first-order valence-electron chi connectivity index (χ1n) is 9.95. The molecule has 0 radical (unpaired) electrons. The molecule has 174 valence electrons. The fourth-order valence-corrected chi connectivity index (χ4v) is 3.70. The third-order valence-electron chi connectivity index (χ3n) is 5.40. The second-order valence-electron chi connectivity index (χ2n) is 8.04. The maximum absolute atomic E-state index is 13.5. The van der Waals surface area contributed by atoms with E-state index in [1.807, 2.05) is 13.8 Å². The van der Waals surface area contributed by atoms with Crippen LogP contribution < -0.4 is 5.32 Å².